The van der Waals surface area contributed by atoms with E-state index in [2.05, 4.69) is 31.8 Å². The molecule has 64 valence electrons. The maximum atomic E-state index is 8.72. The van der Waals surface area contributed by atoms with Crippen molar-refractivity contribution in [2.24, 2.45) is 0 Å². The highest BCUT2D eigenvalue weighted by molar-refractivity contribution is 7.12. The van der Waals surface area contributed by atoms with Gasteiger partial charge in [-0.15, -0.1) is 11.3 Å². The molecule has 3 heteroatoms. The molecule has 12 heavy (non-hydrogen) atoms. The molecule has 0 atom stereocenters. The second kappa shape index (κ2) is 2.87. The molecule has 1 aromatic heterocycles. The first-order valence-corrected chi connectivity index (χ1v) is 4.65. The van der Waals surface area contributed by atoms with Gasteiger partial charge in [0.1, 0.15) is 10.9 Å². The molecular weight excluding hydrogens is 168 g/mol. The van der Waals surface area contributed by atoms with Gasteiger partial charge in [-0.25, -0.2) is 4.98 Å². The molecule has 0 unspecified atom stereocenters. The molecule has 1 rings (SSSR count). The van der Waals surface area contributed by atoms with E-state index in [1.807, 2.05) is 6.92 Å². The molecule has 0 aliphatic rings. The van der Waals surface area contributed by atoms with Gasteiger partial charge in [0.15, 0.2) is 0 Å². The second-order valence-corrected chi connectivity index (χ2v) is 4.79. The van der Waals surface area contributed by atoms with Gasteiger partial charge in [0, 0.05) is 5.41 Å². The number of thiazole rings is 1. The molecule has 1 aromatic rings. The van der Waals surface area contributed by atoms with Crippen molar-refractivity contribution in [1.29, 1.82) is 5.26 Å². The van der Waals surface area contributed by atoms with Crippen LogP contribution in [-0.4, -0.2) is 4.98 Å². The van der Waals surface area contributed by atoms with Crippen molar-refractivity contribution in [2.75, 3.05) is 0 Å². The number of hydrogen-bond acceptors (Lipinski definition) is 3. The van der Waals surface area contributed by atoms with Crippen LogP contribution in [0.5, 0.6) is 0 Å². The van der Waals surface area contributed by atoms with Gasteiger partial charge in [0.2, 0.25) is 0 Å². The molecule has 0 aliphatic carbocycles. The Bertz CT molecular complexity index is 325. The third-order valence-electron chi connectivity index (χ3n) is 1.54. The van der Waals surface area contributed by atoms with Crippen LogP contribution in [-0.2, 0) is 5.41 Å². The molecule has 0 saturated carbocycles. The summed E-state index contributed by atoms with van der Waals surface area (Å²) in [5, 5.41) is 9.76. The third kappa shape index (κ3) is 1.64. The van der Waals surface area contributed by atoms with Crippen molar-refractivity contribution in [3.63, 3.8) is 0 Å². The molecule has 0 aromatic carbocycles. The topological polar surface area (TPSA) is 36.7 Å². The lowest BCUT2D eigenvalue weighted by atomic mass is 9.98. The van der Waals surface area contributed by atoms with Crippen molar-refractivity contribution in [3.8, 4) is 6.07 Å². The van der Waals surface area contributed by atoms with Gasteiger partial charge in [-0.2, -0.15) is 5.26 Å². The predicted molar refractivity (Wildman–Crippen MR) is 50.3 cm³/mol. The number of nitrogens with zero attached hydrogens (tertiary/aromatic N) is 2. The molecule has 0 amide bonds. The molecule has 0 spiro atoms. The summed E-state index contributed by atoms with van der Waals surface area (Å²) in [4.78, 5) is 5.08. The fourth-order valence-electron chi connectivity index (χ4n) is 0.821. The fraction of sp³-hybridized carbons (Fsp3) is 0.556. The Morgan fingerprint density at radius 1 is 1.42 bits per heavy atom. The minimum atomic E-state index is 0.0600. The van der Waals surface area contributed by atoms with E-state index in [1.165, 1.54) is 11.3 Å². The Kier molecular flexibility index (Phi) is 2.20. The van der Waals surface area contributed by atoms with Gasteiger partial charge in [-0.05, 0) is 6.92 Å². The summed E-state index contributed by atoms with van der Waals surface area (Å²) in [6.07, 6.45) is 0. The summed E-state index contributed by atoms with van der Waals surface area (Å²) < 4.78 is 0. The smallest absolute Gasteiger partial charge is 0.127 e. The summed E-state index contributed by atoms with van der Waals surface area (Å²) in [7, 11) is 0. The average molecular weight is 180 g/mol. The lowest BCUT2D eigenvalue weighted by Crippen LogP contribution is -2.10. The Hall–Kier alpha value is -0.880. The predicted octanol–water partition coefficient (Wildman–Crippen LogP) is 2.62. The van der Waals surface area contributed by atoms with Crippen molar-refractivity contribution in [3.05, 3.63) is 15.6 Å². The van der Waals surface area contributed by atoms with E-state index in [4.69, 9.17) is 5.26 Å². The molecule has 0 fully saturated rings. The Balaban J connectivity index is 3.16. The maximum absolute atomic E-state index is 8.72. The monoisotopic (exact) mass is 180 g/mol. The van der Waals surface area contributed by atoms with Crippen LogP contribution in [0.25, 0.3) is 0 Å². The van der Waals surface area contributed by atoms with Crippen LogP contribution in [0.2, 0.25) is 0 Å². The molecule has 1 heterocycles. The van der Waals surface area contributed by atoms with Gasteiger partial charge in [0.05, 0.1) is 10.7 Å². The van der Waals surface area contributed by atoms with Gasteiger partial charge in [0.25, 0.3) is 0 Å². The lowest BCUT2D eigenvalue weighted by Gasteiger charge is -2.13. The van der Waals surface area contributed by atoms with Crippen molar-refractivity contribution in [2.45, 2.75) is 33.1 Å². The summed E-state index contributed by atoms with van der Waals surface area (Å²) in [6, 6.07) is 2.14. The van der Waals surface area contributed by atoms with Crippen LogP contribution in [0.3, 0.4) is 0 Å². The van der Waals surface area contributed by atoms with Crippen molar-refractivity contribution >= 4 is 11.3 Å². The van der Waals surface area contributed by atoms with Crippen LogP contribution < -0.4 is 0 Å². The summed E-state index contributed by atoms with van der Waals surface area (Å²) >= 11 is 1.49. The van der Waals surface area contributed by atoms with E-state index >= 15 is 0 Å². The highest BCUT2D eigenvalue weighted by atomic mass is 32.1. The normalized spacial score (nSPS) is 11.2. The Labute approximate surface area is 76.9 Å². The lowest BCUT2D eigenvalue weighted by molar-refractivity contribution is 0.584. The Morgan fingerprint density at radius 2 is 2.00 bits per heavy atom. The van der Waals surface area contributed by atoms with Crippen molar-refractivity contribution < 1.29 is 0 Å². The number of nitriles is 1. The van der Waals surface area contributed by atoms with Crippen molar-refractivity contribution in [1.82, 2.24) is 4.98 Å². The maximum Gasteiger partial charge on any atom is 0.127 e. The first-order chi connectivity index (χ1) is 5.45. The summed E-state index contributed by atoms with van der Waals surface area (Å²) in [5.41, 5.74) is 0.914. The van der Waals surface area contributed by atoms with Crippen LogP contribution >= 0.6 is 11.3 Å². The molecule has 0 aliphatic heterocycles. The van der Waals surface area contributed by atoms with E-state index in [1.54, 1.807) is 0 Å². The van der Waals surface area contributed by atoms with E-state index in [0.717, 1.165) is 15.6 Å². The zero-order valence-corrected chi connectivity index (χ0v) is 8.62. The largest absolute Gasteiger partial charge is 0.245 e. The van der Waals surface area contributed by atoms with Gasteiger partial charge in [-0.3, -0.25) is 0 Å². The van der Waals surface area contributed by atoms with Gasteiger partial charge >= 0.3 is 0 Å². The highest BCUT2D eigenvalue weighted by Crippen LogP contribution is 2.28. The fourth-order valence-corrected chi connectivity index (χ4v) is 1.74. The minimum absolute atomic E-state index is 0.0600. The van der Waals surface area contributed by atoms with Gasteiger partial charge in [-0.1, -0.05) is 20.8 Å². The number of aryl methyl sites for hydroxylation is 1. The van der Waals surface area contributed by atoms with E-state index in [0.29, 0.717) is 0 Å². The average Bonchev–Trinajstić information content (AvgIpc) is 2.29. The standard InChI is InChI=1S/C9H12N2S/c1-6-7(5-10)12-8(11-6)9(2,3)4/h1-4H3. The molecule has 0 radical (unpaired) electrons. The number of aromatic nitrogens is 1. The second-order valence-electron chi connectivity index (χ2n) is 3.80. The van der Waals surface area contributed by atoms with Crippen LogP contribution in [0, 0.1) is 18.3 Å². The zero-order chi connectivity index (χ0) is 9.35. The van der Waals surface area contributed by atoms with Crippen LogP contribution in [0.4, 0.5) is 0 Å². The van der Waals surface area contributed by atoms with E-state index < -0.39 is 0 Å². The number of hydrogen-bond donors (Lipinski definition) is 0. The molecular formula is C9H12N2S. The van der Waals surface area contributed by atoms with Crippen LogP contribution in [0.15, 0.2) is 0 Å². The molecule has 0 bridgehead atoms. The van der Waals surface area contributed by atoms with E-state index in [9.17, 15) is 0 Å². The van der Waals surface area contributed by atoms with Crippen LogP contribution in [0.1, 0.15) is 36.3 Å². The quantitative estimate of drug-likeness (QED) is 0.615. The summed E-state index contributed by atoms with van der Waals surface area (Å²) in [5.74, 6) is 0. The summed E-state index contributed by atoms with van der Waals surface area (Å²) in [6.45, 7) is 8.19. The minimum Gasteiger partial charge on any atom is -0.245 e. The Morgan fingerprint density at radius 3 is 2.25 bits per heavy atom. The van der Waals surface area contributed by atoms with Gasteiger partial charge < -0.3 is 0 Å². The SMILES string of the molecule is Cc1nc(C(C)(C)C)sc1C#N. The molecule has 0 saturated heterocycles. The van der Waals surface area contributed by atoms with E-state index in [-0.39, 0.29) is 5.41 Å². The molecule has 2 nitrogen and oxygen atoms in total. The number of rotatable bonds is 0. The first kappa shape index (κ1) is 9.21. The third-order valence-corrected chi connectivity index (χ3v) is 3.03. The first-order valence-electron chi connectivity index (χ1n) is 3.83. The molecule has 0 N–H and O–H groups in total. The zero-order valence-electron chi connectivity index (χ0n) is 7.80. The highest BCUT2D eigenvalue weighted by Gasteiger charge is 2.19.